The lowest BCUT2D eigenvalue weighted by molar-refractivity contribution is 0.154. The van der Waals surface area contributed by atoms with Gasteiger partial charge in [-0.3, -0.25) is 0 Å². The van der Waals surface area contributed by atoms with Crippen molar-refractivity contribution >= 4 is 33.5 Å². The van der Waals surface area contributed by atoms with Crippen LogP contribution in [0.5, 0.6) is 0 Å². The number of aromatic nitrogens is 3. The monoisotopic (exact) mass is 535 g/mol. The molecule has 1 N–H and O–H groups in total. The zero-order chi connectivity index (χ0) is 26.4. The maximum atomic E-state index is 14.1. The highest BCUT2D eigenvalue weighted by Crippen LogP contribution is 2.40. The zero-order valence-corrected chi connectivity index (χ0v) is 23.6. The Balaban J connectivity index is 1.32. The third kappa shape index (κ3) is 4.87. The van der Waals surface area contributed by atoms with Crippen molar-refractivity contribution in [1.29, 1.82) is 0 Å². The Morgan fingerprint density at radius 3 is 2.45 bits per heavy atom. The predicted octanol–water partition coefficient (Wildman–Crippen LogP) is 7.29. The van der Waals surface area contributed by atoms with Crippen molar-refractivity contribution in [2.75, 3.05) is 40.3 Å². The van der Waals surface area contributed by atoms with Gasteiger partial charge in [0, 0.05) is 34.3 Å². The lowest BCUT2D eigenvalue weighted by atomic mass is 9.83. The van der Waals surface area contributed by atoms with Gasteiger partial charge >= 0.3 is 0 Å². The standard InChI is InChI=1S/C31H39ClFN5/c1-20-25(33)6-7-26-30(20)35-31(34-26)24-5-9-28-23(29(24)32)14-19-38(28)27(22-12-17-37(3)18-13-22)8-4-21-10-15-36(2)16-11-21/h5-7,9,14,19,21-22,27H,4,8,10-13,15-18H2,1-3H3,(H,34,35). The van der Waals surface area contributed by atoms with Gasteiger partial charge in [0.15, 0.2) is 0 Å². The normalized spacial score (nSPS) is 19.6. The number of rotatable bonds is 6. The van der Waals surface area contributed by atoms with Gasteiger partial charge in [-0.15, -0.1) is 0 Å². The van der Waals surface area contributed by atoms with Gasteiger partial charge in [0.05, 0.1) is 16.1 Å². The van der Waals surface area contributed by atoms with Gasteiger partial charge in [-0.1, -0.05) is 11.6 Å². The van der Waals surface area contributed by atoms with Crippen LogP contribution in [0.15, 0.2) is 36.5 Å². The van der Waals surface area contributed by atoms with Crippen LogP contribution in [-0.2, 0) is 0 Å². The van der Waals surface area contributed by atoms with Crippen LogP contribution in [0.2, 0.25) is 5.02 Å². The minimum atomic E-state index is -0.241. The Morgan fingerprint density at radius 1 is 1.00 bits per heavy atom. The fraction of sp³-hybridized carbons (Fsp3) is 0.516. The van der Waals surface area contributed by atoms with Crippen molar-refractivity contribution < 1.29 is 4.39 Å². The Labute approximate surface area is 230 Å². The molecule has 0 saturated carbocycles. The van der Waals surface area contributed by atoms with Crippen molar-refractivity contribution in [3.05, 3.63) is 52.9 Å². The summed E-state index contributed by atoms with van der Waals surface area (Å²) in [5, 5.41) is 1.76. The highest BCUT2D eigenvalue weighted by atomic mass is 35.5. The molecular weight excluding hydrogens is 497 g/mol. The van der Waals surface area contributed by atoms with Crippen LogP contribution < -0.4 is 0 Å². The molecular formula is C31H39ClFN5. The average Bonchev–Trinajstić information content (AvgIpc) is 3.54. The first-order valence-corrected chi connectivity index (χ1v) is 14.6. The molecule has 5 nitrogen and oxygen atoms in total. The molecule has 0 spiro atoms. The number of piperidine rings is 2. The van der Waals surface area contributed by atoms with Crippen LogP contribution in [0.25, 0.3) is 33.3 Å². The summed E-state index contributed by atoms with van der Waals surface area (Å²) in [7, 11) is 4.48. The number of nitrogens with one attached hydrogen (secondary N) is 1. The van der Waals surface area contributed by atoms with Crippen LogP contribution >= 0.6 is 11.6 Å². The number of H-pyrrole nitrogens is 1. The molecule has 0 amide bonds. The number of likely N-dealkylation sites (tertiary alicyclic amines) is 2. The van der Waals surface area contributed by atoms with E-state index >= 15 is 0 Å². The molecule has 0 aliphatic carbocycles. The average molecular weight is 536 g/mol. The van der Waals surface area contributed by atoms with Crippen LogP contribution in [0.1, 0.15) is 50.1 Å². The lowest BCUT2D eigenvalue weighted by Crippen LogP contribution is -2.35. The fourth-order valence-electron chi connectivity index (χ4n) is 6.76. The second-order valence-corrected chi connectivity index (χ2v) is 12.1. The smallest absolute Gasteiger partial charge is 0.140 e. The Morgan fingerprint density at radius 2 is 1.71 bits per heavy atom. The fourth-order valence-corrected chi connectivity index (χ4v) is 7.07. The van der Waals surface area contributed by atoms with E-state index in [1.807, 2.05) is 0 Å². The molecule has 2 fully saturated rings. The van der Waals surface area contributed by atoms with E-state index in [1.165, 1.54) is 76.3 Å². The summed E-state index contributed by atoms with van der Waals surface area (Å²) in [4.78, 5) is 13.0. The first kappa shape index (κ1) is 25.8. The van der Waals surface area contributed by atoms with Crippen LogP contribution in [-0.4, -0.2) is 64.6 Å². The number of hydrogen-bond donors (Lipinski definition) is 1. The Hall–Kier alpha value is -2.41. The predicted molar refractivity (Wildman–Crippen MR) is 155 cm³/mol. The van der Waals surface area contributed by atoms with Gasteiger partial charge in [0.1, 0.15) is 11.6 Å². The van der Waals surface area contributed by atoms with Crippen LogP contribution in [0, 0.1) is 24.6 Å². The number of halogens is 2. The van der Waals surface area contributed by atoms with Gasteiger partial charge in [0.2, 0.25) is 0 Å². The third-order valence-electron chi connectivity index (χ3n) is 9.31. The van der Waals surface area contributed by atoms with Gasteiger partial charge in [-0.2, -0.15) is 0 Å². The minimum absolute atomic E-state index is 0.241. The number of benzene rings is 2. The van der Waals surface area contributed by atoms with E-state index in [1.54, 1.807) is 13.0 Å². The molecule has 2 aromatic carbocycles. The summed E-state index contributed by atoms with van der Waals surface area (Å²) in [6, 6.07) is 10.2. The Bertz CT molecular complexity index is 1430. The molecule has 0 bridgehead atoms. The van der Waals surface area contributed by atoms with E-state index in [9.17, 15) is 4.39 Å². The molecule has 4 heterocycles. The molecule has 202 valence electrons. The van der Waals surface area contributed by atoms with Crippen molar-refractivity contribution in [3.8, 4) is 11.4 Å². The minimum Gasteiger partial charge on any atom is -0.344 e. The molecule has 6 rings (SSSR count). The molecule has 38 heavy (non-hydrogen) atoms. The van der Waals surface area contributed by atoms with E-state index in [4.69, 9.17) is 16.6 Å². The highest BCUT2D eigenvalue weighted by molar-refractivity contribution is 6.38. The van der Waals surface area contributed by atoms with E-state index < -0.39 is 0 Å². The summed E-state index contributed by atoms with van der Waals surface area (Å²) in [5.74, 6) is 1.95. The highest BCUT2D eigenvalue weighted by Gasteiger charge is 2.29. The molecule has 1 unspecified atom stereocenters. The first-order chi connectivity index (χ1) is 18.4. The Kier molecular flexibility index (Phi) is 7.23. The van der Waals surface area contributed by atoms with Crippen molar-refractivity contribution in [2.24, 2.45) is 11.8 Å². The zero-order valence-electron chi connectivity index (χ0n) is 22.8. The van der Waals surface area contributed by atoms with Gasteiger partial charge in [0.25, 0.3) is 0 Å². The second kappa shape index (κ2) is 10.6. The summed E-state index contributed by atoms with van der Waals surface area (Å²) in [6.45, 7) is 6.56. The van der Waals surface area contributed by atoms with Crippen LogP contribution in [0.4, 0.5) is 4.39 Å². The number of aromatic amines is 1. The molecule has 0 radical (unpaired) electrons. The topological polar surface area (TPSA) is 40.1 Å². The second-order valence-electron chi connectivity index (χ2n) is 11.8. The van der Waals surface area contributed by atoms with E-state index in [0.29, 0.717) is 33.9 Å². The number of hydrogen-bond acceptors (Lipinski definition) is 3. The van der Waals surface area contributed by atoms with E-state index in [0.717, 1.165) is 22.4 Å². The van der Waals surface area contributed by atoms with Gasteiger partial charge in [-0.05, 0) is 128 Å². The molecule has 2 aliphatic heterocycles. The largest absolute Gasteiger partial charge is 0.344 e. The quantitative estimate of drug-likeness (QED) is 0.282. The molecule has 7 heteroatoms. The third-order valence-corrected chi connectivity index (χ3v) is 9.71. The van der Waals surface area contributed by atoms with Crippen molar-refractivity contribution in [2.45, 2.75) is 51.5 Å². The summed E-state index contributed by atoms with van der Waals surface area (Å²) in [6.07, 6.45) is 9.91. The van der Waals surface area contributed by atoms with Gasteiger partial charge in [-0.25, -0.2) is 9.37 Å². The number of nitrogens with zero attached hydrogens (tertiary/aromatic N) is 4. The van der Waals surface area contributed by atoms with Crippen molar-refractivity contribution in [1.82, 2.24) is 24.3 Å². The lowest BCUT2D eigenvalue weighted by Gasteiger charge is -2.37. The molecule has 1 atom stereocenters. The first-order valence-electron chi connectivity index (χ1n) is 14.2. The van der Waals surface area contributed by atoms with E-state index in [2.05, 4.69) is 57.8 Å². The maximum Gasteiger partial charge on any atom is 0.140 e. The summed E-state index contributed by atoms with van der Waals surface area (Å²) >= 11 is 7.05. The van der Waals surface area contributed by atoms with Gasteiger partial charge < -0.3 is 19.4 Å². The molecule has 4 aromatic rings. The maximum absolute atomic E-state index is 14.1. The van der Waals surface area contributed by atoms with Crippen LogP contribution in [0.3, 0.4) is 0 Å². The summed E-state index contributed by atoms with van der Waals surface area (Å²) in [5.41, 5.74) is 4.09. The number of aryl methyl sites for hydroxylation is 1. The number of fused-ring (bicyclic) bond motifs is 2. The molecule has 2 saturated heterocycles. The van der Waals surface area contributed by atoms with E-state index in [-0.39, 0.29) is 5.82 Å². The summed E-state index contributed by atoms with van der Waals surface area (Å²) < 4.78 is 16.6. The molecule has 2 aliphatic rings. The SMILES string of the molecule is Cc1c(F)ccc2[nH]c(-c3ccc4c(ccn4C(CCC4CCN(C)CC4)C4CCN(C)CC4)c3Cl)nc12. The van der Waals surface area contributed by atoms with Crippen molar-refractivity contribution in [3.63, 3.8) is 0 Å². The number of imidazole rings is 1. The molecule has 2 aromatic heterocycles.